The summed E-state index contributed by atoms with van der Waals surface area (Å²) >= 11 is 1.36. The van der Waals surface area contributed by atoms with Gasteiger partial charge in [-0.25, -0.2) is 9.97 Å². The first-order valence-corrected chi connectivity index (χ1v) is 10.3. The van der Waals surface area contributed by atoms with Gasteiger partial charge in [-0.2, -0.15) is 0 Å². The van der Waals surface area contributed by atoms with Gasteiger partial charge in [0.2, 0.25) is 5.91 Å². The predicted octanol–water partition coefficient (Wildman–Crippen LogP) is 5.21. The summed E-state index contributed by atoms with van der Waals surface area (Å²) in [5.74, 6) is 0.886. The molecule has 1 atom stereocenters. The highest BCUT2D eigenvalue weighted by molar-refractivity contribution is 8.00. The molecule has 0 aliphatic rings. The number of carbonyl (C=O) groups is 2. The summed E-state index contributed by atoms with van der Waals surface area (Å²) in [6, 6.07) is 18.1. The van der Waals surface area contributed by atoms with Crippen LogP contribution in [0.25, 0.3) is 22.5 Å². The van der Waals surface area contributed by atoms with Crippen LogP contribution in [0.1, 0.15) is 24.2 Å². The Morgan fingerprint density at radius 2 is 1.77 bits per heavy atom. The number of hydrogen-bond donors (Lipinski definition) is 1. The Morgan fingerprint density at radius 3 is 2.47 bits per heavy atom. The quantitative estimate of drug-likeness (QED) is 0.263. The number of furan rings is 1. The molecule has 2 aromatic heterocycles. The summed E-state index contributed by atoms with van der Waals surface area (Å²) in [7, 11) is 0. The van der Waals surface area contributed by atoms with Crippen LogP contribution in [0.4, 0.5) is 5.69 Å². The maximum absolute atomic E-state index is 12.7. The Balaban J connectivity index is 1.56. The van der Waals surface area contributed by atoms with Gasteiger partial charge in [-0.05, 0) is 56.3 Å². The van der Waals surface area contributed by atoms with Crippen molar-refractivity contribution in [3.63, 3.8) is 0 Å². The van der Waals surface area contributed by atoms with Crippen molar-refractivity contribution < 1.29 is 14.0 Å². The Labute approximate surface area is 177 Å². The number of carbonyl (C=O) groups excluding carboxylic acids is 2. The van der Waals surface area contributed by atoms with Crippen molar-refractivity contribution in [2.45, 2.75) is 24.1 Å². The minimum Gasteiger partial charge on any atom is -0.461 e. The summed E-state index contributed by atoms with van der Waals surface area (Å²) in [6.07, 6.45) is 1.58. The number of Topliss-reactive ketones (excluding diaryl/α,β-unsaturated/α-hetero) is 1. The van der Waals surface area contributed by atoms with Crippen molar-refractivity contribution in [3.05, 3.63) is 72.5 Å². The van der Waals surface area contributed by atoms with Gasteiger partial charge in [-0.1, -0.05) is 30.0 Å². The molecule has 2 heterocycles. The standard InChI is InChI=1S/C23H19N3O3S/c1-14(27)16-9-11-17(12-10-16)24-22(28)15(2)30-23-18-6-3-4-7-19(18)25-21(26-23)20-8-5-13-29-20/h3-13,15H,1-2H3,(H,24,28). The monoisotopic (exact) mass is 417 g/mol. The number of hydrogen-bond acceptors (Lipinski definition) is 6. The van der Waals surface area contributed by atoms with Gasteiger partial charge in [-0.15, -0.1) is 0 Å². The number of thioether (sulfide) groups is 1. The Kier molecular flexibility index (Phi) is 5.63. The molecule has 150 valence electrons. The second-order valence-corrected chi connectivity index (χ2v) is 8.06. The molecule has 0 aliphatic carbocycles. The van der Waals surface area contributed by atoms with Crippen LogP contribution in [0, 0.1) is 0 Å². The van der Waals surface area contributed by atoms with Gasteiger partial charge in [0.25, 0.3) is 0 Å². The molecule has 0 fully saturated rings. The molecule has 0 saturated heterocycles. The van der Waals surface area contributed by atoms with E-state index in [1.807, 2.05) is 31.2 Å². The highest BCUT2D eigenvalue weighted by Crippen LogP contribution is 2.31. The van der Waals surface area contributed by atoms with Crippen molar-refractivity contribution in [3.8, 4) is 11.6 Å². The van der Waals surface area contributed by atoms with Gasteiger partial charge < -0.3 is 9.73 Å². The molecule has 1 amide bonds. The third kappa shape index (κ3) is 4.26. The largest absolute Gasteiger partial charge is 0.461 e. The predicted molar refractivity (Wildman–Crippen MR) is 118 cm³/mol. The molecule has 2 aromatic carbocycles. The number of nitrogens with one attached hydrogen (secondary N) is 1. The van der Waals surface area contributed by atoms with Gasteiger partial charge in [0, 0.05) is 16.6 Å². The van der Waals surface area contributed by atoms with E-state index in [-0.39, 0.29) is 11.7 Å². The van der Waals surface area contributed by atoms with E-state index >= 15 is 0 Å². The van der Waals surface area contributed by atoms with E-state index in [4.69, 9.17) is 4.42 Å². The number of anilines is 1. The maximum atomic E-state index is 12.7. The van der Waals surface area contributed by atoms with Gasteiger partial charge in [-0.3, -0.25) is 9.59 Å². The fourth-order valence-electron chi connectivity index (χ4n) is 2.91. The van der Waals surface area contributed by atoms with Crippen LogP contribution >= 0.6 is 11.8 Å². The van der Waals surface area contributed by atoms with E-state index in [0.717, 1.165) is 10.9 Å². The fourth-order valence-corrected chi connectivity index (χ4v) is 3.85. The zero-order valence-electron chi connectivity index (χ0n) is 16.5. The molecule has 0 spiro atoms. The van der Waals surface area contributed by atoms with E-state index in [9.17, 15) is 9.59 Å². The first-order valence-electron chi connectivity index (χ1n) is 9.40. The molecule has 30 heavy (non-hydrogen) atoms. The van der Waals surface area contributed by atoms with E-state index in [2.05, 4.69) is 15.3 Å². The molecule has 6 nitrogen and oxygen atoms in total. The zero-order valence-corrected chi connectivity index (χ0v) is 17.3. The first-order chi connectivity index (χ1) is 14.5. The third-order valence-corrected chi connectivity index (χ3v) is 5.63. The maximum Gasteiger partial charge on any atom is 0.237 e. The summed E-state index contributed by atoms with van der Waals surface area (Å²) < 4.78 is 5.44. The van der Waals surface area contributed by atoms with E-state index < -0.39 is 5.25 Å². The van der Waals surface area contributed by atoms with Crippen LogP contribution in [0.2, 0.25) is 0 Å². The molecule has 0 saturated carbocycles. The van der Waals surface area contributed by atoms with Gasteiger partial charge in [0.05, 0.1) is 17.0 Å². The Hall–Kier alpha value is -3.45. The fraction of sp³-hybridized carbons (Fsp3) is 0.130. The van der Waals surface area contributed by atoms with Gasteiger partial charge >= 0.3 is 0 Å². The van der Waals surface area contributed by atoms with Crippen molar-refractivity contribution in [1.29, 1.82) is 0 Å². The lowest BCUT2D eigenvalue weighted by Crippen LogP contribution is -2.22. The van der Waals surface area contributed by atoms with Crippen LogP contribution in [-0.2, 0) is 4.79 Å². The molecule has 7 heteroatoms. The van der Waals surface area contributed by atoms with E-state index in [1.54, 1.807) is 42.7 Å². The lowest BCUT2D eigenvalue weighted by atomic mass is 10.1. The molecule has 4 aromatic rings. The SMILES string of the molecule is CC(=O)c1ccc(NC(=O)C(C)Sc2nc(-c3ccco3)nc3ccccc23)cc1. The van der Waals surface area contributed by atoms with Crippen LogP contribution in [0.15, 0.2) is 76.4 Å². The smallest absolute Gasteiger partial charge is 0.237 e. The number of fused-ring (bicyclic) bond motifs is 1. The number of aromatic nitrogens is 2. The van der Waals surface area contributed by atoms with Gasteiger partial charge in [0.15, 0.2) is 17.4 Å². The van der Waals surface area contributed by atoms with Crippen molar-refractivity contribution in [2.24, 2.45) is 0 Å². The summed E-state index contributed by atoms with van der Waals surface area (Å²) in [5.41, 5.74) is 2.03. The van der Waals surface area contributed by atoms with Crippen molar-refractivity contribution in [2.75, 3.05) is 5.32 Å². The number of rotatable bonds is 6. The minimum atomic E-state index is -0.403. The summed E-state index contributed by atoms with van der Waals surface area (Å²) in [5, 5.41) is 4.07. The van der Waals surface area contributed by atoms with Crippen LogP contribution in [0.3, 0.4) is 0 Å². The summed E-state index contributed by atoms with van der Waals surface area (Å²) in [4.78, 5) is 33.3. The Bertz CT molecular complexity index is 1200. The van der Waals surface area contributed by atoms with Crippen molar-refractivity contribution >= 4 is 40.0 Å². The number of benzene rings is 2. The first kappa shape index (κ1) is 19.8. The number of nitrogens with zero attached hydrogens (tertiary/aromatic N) is 2. The van der Waals surface area contributed by atoms with E-state index in [0.29, 0.717) is 27.9 Å². The topological polar surface area (TPSA) is 85.1 Å². The molecule has 1 N–H and O–H groups in total. The lowest BCUT2D eigenvalue weighted by Gasteiger charge is -2.13. The molecule has 1 unspecified atom stereocenters. The van der Waals surface area contributed by atoms with E-state index in [1.165, 1.54) is 18.7 Å². The number of para-hydroxylation sites is 1. The molecular formula is C23H19N3O3S. The summed E-state index contributed by atoms with van der Waals surface area (Å²) in [6.45, 7) is 3.34. The molecular weight excluding hydrogens is 398 g/mol. The minimum absolute atomic E-state index is 0.0141. The molecule has 4 rings (SSSR count). The van der Waals surface area contributed by atoms with Gasteiger partial charge in [0.1, 0.15) is 5.03 Å². The Morgan fingerprint density at radius 1 is 1.00 bits per heavy atom. The highest BCUT2D eigenvalue weighted by Gasteiger charge is 2.19. The second kappa shape index (κ2) is 8.51. The highest BCUT2D eigenvalue weighted by atomic mass is 32.2. The second-order valence-electron chi connectivity index (χ2n) is 6.73. The zero-order chi connectivity index (χ0) is 21.1. The average molecular weight is 417 g/mol. The molecule has 0 bridgehead atoms. The molecule has 0 radical (unpaired) electrons. The lowest BCUT2D eigenvalue weighted by molar-refractivity contribution is -0.115. The normalized spacial score (nSPS) is 11.9. The van der Waals surface area contributed by atoms with Crippen LogP contribution in [0.5, 0.6) is 0 Å². The third-order valence-electron chi connectivity index (χ3n) is 4.53. The molecule has 0 aliphatic heterocycles. The van der Waals surface area contributed by atoms with Crippen molar-refractivity contribution in [1.82, 2.24) is 9.97 Å². The average Bonchev–Trinajstić information content (AvgIpc) is 3.29. The van der Waals surface area contributed by atoms with Crippen LogP contribution < -0.4 is 5.32 Å². The number of ketones is 1. The van der Waals surface area contributed by atoms with Crippen LogP contribution in [-0.4, -0.2) is 26.9 Å². The number of amides is 1.